The molecule has 3 N–H and O–H groups in total. The lowest BCUT2D eigenvalue weighted by molar-refractivity contribution is 0.0126. The lowest BCUT2D eigenvalue weighted by Crippen LogP contribution is -2.46. The Morgan fingerprint density at radius 1 is 1.34 bits per heavy atom. The number of nitriles is 1. The SMILES string of the molecule is CC1(OC(N)=O)CCN(c2ccc(-c3cc(O)cn4ncc(C#N)c34)cn2)CC1. The van der Waals surface area contributed by atoms with Crippen molar-refractivity contribution in [2.75, 3.05) is 18.0 Å². The molecule has 0 aliphatic carbocycles. The fraction of sp³-hybridized carbons (Fsp3) is 0.300. The maximum Gasteiger partial charge on any atom is 0.405 e. The van der Waals surface area contributed by atoms with Crippen LogP contribution < -0.4 is 10.6 Å². The number of pyridine rings is 2. The predicted octanol–water partition coefficient (Wildman–Crippen LogP) is 2.43. The number of anilines is 1. The number of ether oxygens (including phenoxy) is 1. The van der Waals surface area contributed by atoms with Crippen LogP contribution in [0.1, 0.15) is 25.3 Å². The number of aromatic nitrogens is 3. The molecule has 1 fully saturated rings. The Morgan fingerprint density at radius 3 is 2.72 bits per heavy atom. The molecule has 0 aromatic carbocycles. The van der Waals surface area contributed by atoms with Crippen molar-refractivity contribution in [1.29, 1.82) is 5.26 Å². The number of nitrogens with two attached hydrogens (primary N) is 1. The van der Waals surface area contributed by atoms with E-state index in [1.165, 1.54) is 16.9 Å². The Bertz CT molecular complexity index is 1110. The van der Waals surface area contributed by atoms with Crippen molar-refractivity contribution in [3.05, 3.63) is 42.4 Å². The molecule has 1 aliphatic rings. The quantitative estimate of drug-likeness (QED) is 0.700. The molecule has 4 heterocycles. The van der Waals surface area contributed by atoms with Gasteiger partial charge in [0.2, 0.25) is 0 Å². The van der Waals surface area contributed by atoms with Crippen molar-refractivity contribution in [2.24, 2.45) is 5.73 Å². The van der Waals surface area contributed by atoms with E-state index >= 15 is 0 Å². The molecule has 0 radical (unpaired) electrons. The third kappa shape index (κ3) is 3.52. The summed E-state index contributed by atoms with van der Waals surface area (Å²) in [4.78, 5) is 17.8. The van der Waals surface area contributed by atoms with Crippen LogP contribution in [0.2, 0.25) is 0 Å². The normalized spacial score (nSPS) is 15.8. The summed E-state index contributed by atoms with van der Waals surface area (Å²) in [5.74, 6) is 0.856. The zero-order valence-corrected chi connectivity index (χ0v) is 15.9. The Morgan fingerprint density at radius 2 is 2.10 bits per heavy atom. The number of hydrogen-bond donors (Lipinski definition) is 2. The fourth-order valence-electron chi connectivity index (χ4n) is 3.70. The molecule has 148 valence electrons. The van der Waals surface area contributed by atoms with Crippen molar-refractivity contribution in [2.45, 2.75) is 25.4 Å². The van der Waals surface area contributed by atoms with Gasteiger partial charge in [-0.05, 0) is 25.1 Å². The molecule has 0 bridgehead atoms. The van der Waals surface area contributed by atoms with Gasteiger partial charge in [-0.3, -0.25) is 0 Å². The van der Waals surface area contributed by atoms with Gasteiger partial charge in [0.05, 0.1) is 23.5 Å². The summed E-state index contributed by atoms with van der Waals surface area (Å²) in [5.41, 5.74) is 7.10. The number of carbonyl (C=O) groups is 1. The molecule has 0 saturated carbocycles. The van der Waals surface area contributed by atoms with Crippen LogP contribution in [0.5, 0.6) is 5.75 Å². The van der Waals surface area contributed by atoms with Crippen LogP contribution in [0.15, 0.2) is 36.8 Å². The van der Waals surface area contributed by atoms with Crippen molar-refractivity contribution in [1.82, 2.24) is 14.6 Å². The second-order valence-corrected chi connectivity index (χ2v) is 7.34. The third-order valence-corrected chi connectivity index (χ3v) is 5.27. The van der Waals surface area contributed by atoms with Crippen LogP contribution in [0.3, 0.4) is 0 Å². The molecule has 1 saturated heterocycles. The van der Waals surface area contributed by atoms with E-state index in [4.69, 9.17) is 10.5 Å². The van der Waals surface area contributed by atoms with Crippen molar-refractivity contribution in [3.63, 3.8) is 0 Å². The van der Waals surface area contributed by atoms with E-state index in [1.54, 1.807) is 12.3 Å². The average molecular weight is 392 g/mol. The highest BCUT2D eigenvalue weighted by molar-refractivity contribution is 5.85. The van der Waals surface area contributed by atoms with Crippen LogP contribution in [0, 0.1) is 11.3 Å². The summed E-state index contributed by atoms with van der Waals surface area (Å²) >= 11 is 0. The van der Waals surface area contributed by atoms with Crippen molar-refractivity contribution >= 4 is 17.4 Å². The zero-order chi connectivity index (χ0) is 20.6. The fourth-order valence-corrected chi connectivity index (χ4v) is 3.70. The minimum absolute atomic E-state index is 0.0499. The Hall–Kier alpha value is -3.80. The number of nitrogens with zero attached hydrogens (tertiary/aromatic N) is 5. The zero-order valence-electron chi connectivity index (χ0n) is 15.9. The Labute approximate surface area is 166 Å². The standard InChI is InChI=1S/C20H20N6O3/c1-20(29-19(22)28)4-6-25(7-5-20)17-3-2-13(10-23-17)16-8-15(27)12-26-18(16)14(9-21)11-24-26/h2-3,8,10-12,27H,4-7H2,1H3,(H2,22,28). The van der Waals surface area contributed by atoms with Gasteiger partial charge in [0.15, 0.2) is 0 Å². The lowest BCUT2D eigenvalue weighted by atomic mass is 9.93. The number of hydrogen-bond acceptors (Lipinski definition) is 7. The van der Waals surface area contributed by atoms with Gasteiger partial charge < -0.3 is 20.5 Å². The molecule has 0 unspecified atom stereocenters. The summed E-state index contributed by atoms with van der Waals surface area (Å²) < 4.78 is 6.73. The van der Waals surface area contributed by atoms with Crippen molar-refractivity contribution in [3.8, 4) is 22.9 Å². The molecule has 29 heavy (non-hydrogen) atoms. The van der Waals surface area contributed by atoms with Crippen LogP contribution in [0.25, 0.3) is 16.6 Å². The summed E-state index contributed by atoms with van der Waals surface area (Å²) in [7, 11) is 0. The largest absolute Gasteiger partial charge is 0.506 e. The minimum Gasteiger partial charge on any atom is -0.506 e. The van der Waals surface area contributed by atoms with Crippen LogP contribution in [0.4, 0.5) is 10.6 Å². The van der Waals surface area contributed by atoms with Crippen LogP contribution in [-0.4, -0.2) is 44.5 Å². The van der Waals surface area contributed by atoms with Gasteiger partial charge >= 0.3 is 6.09 Å². The van der Waals surface area contributed by atoms with Gasteiger partial charge in [-0.25, -0.2) is 14.3 Å². The molecule has 4 rings (SSSR count). The second kappa shape index (κ2) is 6.98. The highest BCUT2D eigenvalue weighted by atomic mass is 16.6. The van der Waals surface area contributed by atoms with Gasteiger partial charge in [-0.15, -0.1) is 0 Å². The first-order chi connectivity index (χ1) is 13.9. The molecule has 3 aromatic rings. The van der Waals surface area contributed by atoms with E-state index in [2.05, 4.69) is 21.1 Å². The van der Waals surface area contributed by atoms with Gasteiger partial charge in [0.1, 0.15) is 23.2 Å². The third-order valence-electron chi connectivity index (χ3n) is 5.27. The molecule has 0 spiro atoms. The van der Waals surface area contributed by atoms with E-state index < -0.39 is 11.7 Å². The van der Waals surface area contributed by atoms with Gasteiger partial charge in [-0.1, -0.05) is 0 Å². The number of primary amides is 1. The molecular weight excluding hydrogens is 372 g/mol. The number of piperidine rings is 1. The van der Waals surface area contributed by atoms with E-state index in [9.17, 15) is 15.2 Å². The van der Waals surface area contributed by atoms with E-state index in [0.717, 1.165) is 11.4 Å². The molecule has 1 amide bonds. The molecule has 9 heteroatoms. The number of carbonyl (C=O) groups excluding carboxylic acids is 1. The highest BCUT2D eigenvalue weighted by Gasteiger charge is 2.33. The smallest absolute Gasteiger partial charge is 0.405 e. The van der Waals surface area contributed by atoms with E-state index in [0.29, 0.717) is 42.6 Å². The lowest BCUT2D eigenvalue weighted by Gasteiger charge is -2.38. The molecule has 0 atom stereocenters. The van der Waals surface area contributed by atoms with E-state index in [1.807, 2.05) is 19.1 Å². The van der Waals surface area contributed by atoms with E-state index in [-0.39, 0.29) is 5.75 Å². The maximum atomic E-state index is 11.1. The highest BCUT2D eigenvalue weighted by Crippen LogP contribution is 2.32. The summed E-state index contributed by atoms with van der Waals surface area (Å²) in [6, 6.07) is 7.53. The molecule has 1 aliphatic heterocycles. The summed E-state index contributed by atoms with van der Waals surface area (Å²) in [5, 5.41) is 23.5. The molecular formula is C20H20N6O3. The first-order valence-corrected chi connectivity index (χ1v) is 9.19. The van der Waals surface area contributed by atoms with Crippen LogP contribution >= 0.6 is 0 Å². The van der Waals surface area contributed by atoms with Gasteiger partial charge in [0.25, 0.3) is 0 Å². The summed E-state index contributed by atoms with van der Waals surface area (Å²) in [6.07, 6.45) is 5.21. The first-order valence-electron chi connectivity index (χ1n) is 9.19. The average Bonchev–Trinajstić information content (AvgIpc) is 3.10. The molecule has 3 aromatic heterocycles. The topological polar surface area (TPSA) is 130 Å². The minimum atomic E-state index is -0.752. The number of amides is 1. The first kappa shape index (κ1) is 18.6. The van der Waals surface area contributed by atoms with Crippen molar-refractivity contribution < 1.29 is 14.6 Å². The Balaban J connectivity index is 1.59. The van der Waals surface area contributed by atoms with Crippen LogP contribution in [-0.2, 0) is 4.74 Å². The van der Waals surface area contributed by atoms with Gasteiger partial charge in [0, 0.05) is 43.3 Å². The monoisotopic (exact) mass is 392 g/mol. The number of rotatable bonds is 3. The second-order valence-electron chi connectivity index (χ2n) is 7.34. The Kier molecular flexibility index (Phi) is 4.47. The maximum absolute atomic E-state index is 11.1. The molecule has 9 nitrogen and oxygen atoms in total. The number of aromatic hydroxyl groups is 1. The predicted molar refractivity (Wildman–Crippen MR) is 105 cm³/mol. The number of fused-ring (bicyclic) bond motifs is 1. The van der Waals surface area contributed by atoms with Gasteiger partial charge in [-0.2, -0.15) is 10.4 Å². The summed E-state index contributed by atoms with van der Waals surface area (Å²) in [6.45, 7) is 3.26.